The van der Waals surface area contributed by atoms with Crippen molar-refractivity contribution in [2.45, 2.75) is 6.92 Å². The van der Waals surface area contributed by atoms with Gasteiger partial charge in [-0.1, -0.05) is 0 Å². The summed E-state index contributed by atoms with van der Waals surface area (Å²) in [7, 11) is 3.04. The maximum atomic E-state index is 11.4. The van der Waals surface area contributed by atoms with Crippen molar-refractivity contribution in [2.24, 2.45) is 0 Å². The first kappa shape index (κ1) is 13.2. The number of amides is 1. The van der Waals surface area contributed by atoms with Crippen LogP contribution in [0.25, 0.3) is 0 Å². The lowest BCUT2D eigenvalue weighted by Gasteiger charge is -2.08. The summed E-state index contributed by atoms with van der Waals surface area (Å²) in [5.41, 5.74) is 1.92. The van der Waals surface area contributed by atoms with Crippen LogP contribution in [0.15, 0.2) is 18.2 Å². The molecular weight excluding hydrogens is 220 g/mol. The molecule has 0 heterocycles. The highest BCUT2D eigenvalue weighted by molar-refractivity contribution is 5.94. The third-order valence-electron chi connectivity index (χ3n) is 2.25. The summed E-state index contributed by atoms with van der Waals surface area (Å²) in [6, 6.07) is 5.04. The van der Waals surface area contributed by atoms with Crippen molar-refractivity contribution in [3.8, 4) is 0 Å². The minimum absolute atomic E-state index is 0.127. The molecule has 92 valence electrons. The lowest BCUT2D eigenvalue weighted by atomic mass is 10.1. The minimum Gasteiger partial charge on any atom is -0.465 e. The molecule has 1 rings (SSSR count). The van der Waals surface area contributed by atoms with Gasteiger partial charge in [-0.05, 0) is 37.7 Å². The second-order valence-corrected chi connectivity index (χ2v) is 3.60. The number of benzene rings is 1. The molecule has 2 N–H and O–H groups in total. The van der Waals surface area contributed by atoms with E-state index in [4.69, 9.17) is 0 Å². The Kier molecular flexibility index (Phi) is 4.66. The largest absolute Gasteiger partial charge is 0.465 e. The quantitative estimate of drug-likeness (QED) is 0.763. The number of rotatable bonds is 4. The van der Waals surface area contributed by atoms with Crippen molar-refractivity contribution in [3.05, 3.63) is 29.3 Å². The summed E-state index contributed by atoms with van der Waals surface area (Å²) in [5.74, 6) is -0.506. The first-order valence-electron chi connectivity index (χ1n) is 5.22. The summed E-state index contributed by atoms with van der Waals surface area (Å²) in [5, 5.41) is 5.47. The molecule has 0 aliphatic carbocycles. The van der Waals surface area contributed by atoms with Crippen molar-refractivity contribution in [1.29, 1.82) is 0 Å². The number of aryl methyl sites for hydroxylation is 1. The van der Waals surface area contributed by atoms with Gasteiger partial charge in [0.05, 0.1) is 19.2 Å². The van der Waals surface area contributed by atoms with Gasteiger partial charge in [0.25, 0.3) is 0 Å². The van der Waals surface area contributed by atoms with Gasteiger partial charge in [-0.3, -0.25) is 4.79 Å². The summed E-state index contributed by atoms with van der Waals surface area (Å²) in [6.07, 6.45) is 0. The number of likely N-dealkylation sites (N-methyl/N-ethyl adjacent to an activating group) is 1. The zero-order valence-corrected chi connectivity index (χ0v) is 10.2. The number of esters is 1. The molecule has 0 saturated heterocycles. The Morgan fingerprint density at radius 2 is 2.06 bits per heavy atom. The van der Waals surface area contributed by atoms with Gasteiger partial charge in [0.2, 0.25) is 5.91 Å². The van der Waals surface area contributed by atoms with Crippen molar-refractivity contribution in [3.63, 3.8) is 0 Å². The Morgan fingerprint density at radius 1 is 1.35 bits per heavy atom. The van der Waals surface area contributed by atoms with Crippen molar-refractivity contribution in [2.75, 3.05) is 26.0 Å². The fourth-order valence-electron chi connectivity index (χ4n) is 1.45. The van der Waals surface area contributed by atoms with Crippen LogP contribution in [-0.4, -0.2) is 32.6 Å². The van der Waals surface area contributed by atoms with Gasteiger partial charge in [0.1, 0.15) is 0 Å². The molecule has 1 aromatic rings. The summed E-state index contributed by atoms with van der Waals surface area (Å²) in [6.45, 7) is 2.04. The van der Waals surface area contributed by atoms with Crippen LogP contribution in [0.3, 0.4) is 0 Å². The molecule has 0 unspecified atom stereocenters. The first-order valence-corrected chi connectivity index (χ1v) is 5.22. The fourth-order valence-corrected chi connectivity index (χ4v) is 1.45. The third kappa shape index (κ3) is 3.57. The standard InChI is InChI=1S/C12H16N2O3/c1-8-6-9(14-11(15)7-13-2)4-5-10(8)12(16)17-3/h4-6,13H,7H2,1-3H3,(H,14,15). The zero-order chi connectivity index (χ0) is 12.8. The fraction of sp³-hybridized carbons (Fsp3) is 0.333. The number of hydrogen-bond donors (Lipinski definition) is 2. The second kappa shape index (κ2) is 6.00. The molecule has 0 spiro atoms. The molecule has 0 saturated carbocycles. The topological polar surface area (TPSA) is 67.4 Å². The van der Waals surface area contributed by atoms with Crippen LogP contribution in [0.5, 0.6) is 0 Å². The maximum Gasteiger partial charge on any atom is 0.338 e. The van der Waals surface area contributed by atoms with E-state index in [1.54, 1.807) is 32.2 Å². The van der Waals surface area contributed by atoms with Crippen molar-refractivity contribution < 1.29 is 14.3 Å². The van der Waals surface area contributed by atoms with Crippen LogP contribution in [0.1, 0.15) is 15.9 Å². The average molecular weight is 236 g/mol. The molecule has 1 aromatic carbocycles. The first-order chi connectivity index (χ1) is 8.08. The predicted octanol–water partition coefficient (Wildman–Crippen LogP) is 0.940. The number of ether oxygens (including phenoxy) is 1. The lowest BCUT2D eigenvalue weighted by molar-refractivity contribution is -0.115. The number of carbonyl (C=O) groups is 2. The molecule has 0 fully saturated rings. The molecular formula is C12H16N2O3. The molecule has 0 aromatic heterocycles. The molecule has 5 heteroatoms. The van der Waals surface area contributed by atoms with Crippen LogP contribution in [0.4, 0.5) is 5.69 Å². The summed E-state index contributed by atoms with van der Waals surface area (Å²) < 4.78 is 4.64. The lowest BCUT2D eigenvalue weighted by Crippen LogP contribution is -2.25. The van der Waals surface area contributed by atoms with Crippen molar-refractivity contribution in [1.82, 2.24) is 5.32 Å². The van der Waals surface area contributed by atoms with Gasteiger partial charge in [0.15, 0.2) is 0 Å². The van der Waals surface area contributed by atoms with E-state index in [-0.39, 0.29) is 18.4 Å². The van der Waals surface area contributed by atoms with Crippen molar-refractivity contribution >= 4 is 17.6 Å². The van der Waals surface area contributed by atoms with Gasteiger partial charge in [-0.2, -0.15) is 0 Å². The van der Waals surface area contributed by atoms with E-state index in [1.165, 1.54) is 7.11 Å². The number of anilines is 1. The van der Waals surface area contributed by atoms with E-state index < -0.39 is 0 Å². The smallest absolute Gasteiger partial charge is 0.338 e. The molecule has 0 radical (unpaired) electrons. The normalized spacial score (nSPS) is 9.82. The van der Waals surface area contributed by atoms with Gasteiger partial charge in [0, 0.05) is 5.69 Å². The number of hydrogen-bond acceptors (Lipinski definition) is 4. The Morgan fingerprint density at radius 3 is 2.59 bits per heavy atom. The Labute approximate surface area is 100 Å². The number of carbonyl (C=O) groups excluding carboxylic acids is 2. The number of methoxy groups -OCH3 is 1. The van der Waals surface area contributed by atoms with E-state index in [0.717, 1.165) is 5.56 Å². The highest BCUT2D eigenvalue weighted by atomic mass is 16.5. The number of nitrogens with one attached hydrogen (secondary N) is 2. The SMILES string of the molecule is CNCC(=O)Nc1ccc(C(=O)OC)c(C)c1. The molecule has 0 atom stereocenters. The van der Waals surface area contributed by atoms with E-state index in [0.29, 0.717) is 11.3 Å². The monoisotopic (exact) mass is 236 g/mol. The van der Waals surface area contributed by atoms with E-state index in [9.17, 15) is 9.59 Å². The highest BCUT2D eigenvalue weighted by Gasteiger charge is 2.09. The van der Waals surface area contributed by atoms with Crippen LogP contribution >= 0.6 is 0 Å². The van der Waals surface area contributed by atoms with Crippen LogP contribution in [0.2, 0.25) is 0 Å². The van der Waals surface area contributed by atoms with E-state index in [2.05, 4.69) is 15.4 Å². The summed E-state index contributed by atoms with van der Waals surface area (Å²) in [4.78, 5) is 22.7. The van der Waals surface area contributed by atoms with E-state index in [1.807, 2.05) is 0 Å². The Hall–Kier alpha value is -1.88. The van der Waals surface area contributed by atoms with Gasteiger partial charge in [-0.15, -0.1) is 0 Å². The molecule has 17 heavy (non-hydrogen) atoms. The van der Waals surface area contributed by atoms with Crippen LogP contribution < -0.4 is 10.6 Å². The van der Waals surface area contributed by atoms with Crippen LogP contribution in [-0.2, 0) is 9.53 Å². The average Bonchev–Trinajstić information content (AvgIpc) is 2.28. The Balaban J connectivity index is 2.82. The van der Waals surface area contributed by atoms with Gasteiger partial charge in [-0.25, -0.2) is 4.79 Å². The Bertz CT molecular complexity index is 430. The summed E-state index contributed by atoms with van der Waals surface area (Å²) >= 11 is 0. The second-order valence-electron chi connectivity index (χ2n) is 3.60. The zero-order valence-electron chi connectivity index (χ0n) is 10.2. The molecule has 1 amide bonds. The van der Waals surface area contributed by atoms with Crippen LogP contribution in [0, 0.1) is 6.92 Å². The minimum atomic E-state index is -0.379. The molecule has 0 aliphatic heterocycles. The molecule has 0 bridgehead atoms. The maximum absolute atomic E-state index is 11.4. The molecule has 5 nitrogen and oxygen atoms in total. The van der Waals surface area contributed by atoms with E-state index >= 15 is 0 Å². The predicted molar refractivity (Wildman–Crippen MR) is 65.1 cm³/mol. The van der Waals surface area contributed by atoms with Gasteiger partial charge >= 0.3 is 5.97 Å². The molecule has 0 aliphatic rings. The van der Waals surface area contributed by atoms with Gasteiger partial charge < -0.3 is 15.4 Å². The highest BCUT2D eigenvalue weighted by Crippen LogP contribution is 2.15. The third-order valence-corrected chi connectivity index (χ3v) is 2.25.